The Labute approximate surface area is 130 Å². The number of hydrogen-bond donors (Lipinski definition) is 1. The number of anilines is 1. The van der Waals surface area contributed by atoms with Crippen LogP contribution in [0, 0.1) is 0 Å². The third-order valence-electron chi connectivity index (χ3n) is 2.78. The Bertz CT molecular complexity index is 680. The topological polar surface area (TPSA) is 61.6 Å². The summed E-state index contributed by atoms with van der Waals surface area (Å²) >= 11 is 5.76. The monoisotopic (exact) mass is 327 g/mol. The lowest BCUT2D eigenvalue weighted by Gasteiger charge is -2.11. The second kappa shape index (κ2) is 7.09. The van der Waals surface area contributed by atoms with Crippen molar-refractivity contribution in [1.29, 1.82) is 0 Å². The molecular formula is C15H12ClF2NO3. The van der Waals surface area contributed by atoms with Gasteiger partial charge in [-0.25, -0.2) is 4.79 Å². The van der Waals surface area contributed by atoms with Crippen LogP contribution in [-0.4, -0.2) is 12.6 Å². The molecule has 2 N–H and O–H groups in total. The van der Waals surface area contributed by atoms with E-state index in [2.05, 4.69) is 4.74 Å². The summed E-state index contributed by atoms with van der Waals surface area (Å²) in [4.78, 5) is 11.9. The van der Waals surface area contributed by atoms with E-state index in [9.17, 15) is 13.6 Å². The molecule has 7 heteroatoms. The molecule has 0 atom stereocenters. The van der Waals surface area contributed by atoms with Crippen molar-refractivity contribution in [3.05, 3.63) is 58.6 Å². The van der Waals surface area contributed by atoms with Gasteiger partial charge in [0.05, 0.1) is 16.3 Å². The number of nitrogens with two attached hydrogens (primary N) is 1. The van der Waals surface area contributed by atoms with Gasteiger partial charge in [-0.3, -0.25) is 0 Å². The molecule has 0 aliphatic carbocycles. The number of alkyl halides is 2. The molecule has 0 aliphatic heterocycles. The second-order valence-electron chi connectivity index (χ2n) is 4.30. The molecule has 0 aromatic heterocycles. The molecule has 2 rings (SSSR count). The van der Waals surface area contributed by atoms with Gasteiger partial charge in [0.2, 0.25) is 0 Å². The summed E-state index contributed by atoms with van der Waals surface area (Å²) in [5, 5.41) is 0.326. The van der Waals surface area contributed by atoms with Crippen molar-refractivity contribution < 1.29 is 23.0 Å². The minimum absolute atomic E-state index is 0.0408. The molecule has 0 aliphatic rings. The number of ether oxygens (including phenoxy) is 2. The second-order valence-corrected chi connectivity index (χ2v) is 4.71. The molecule has 0 bridgehead atoms. The van der Waals surface area contributed by atoms with Crippen molar-refractivity contribution in [2.24, 2.45) is 0 Å². The highest BCUT2D eigenvalue weighted by Gasteiger charge is 2.13. The average molecular weight is 328 g/mol. The number of nitrogen functional groups attached to an aromatic ring is 1. The predicted octanol–water partition coefficient (Wildman–Crippen LogP) is 3.88. The lowest BCUT2D eigenvalue weighted by atomic mass is 10.2. The SMILES string of the molecule is Nc1cc(C(=O)OCc2ccccc2OC(F)F)ccc1Cl. The Balaban J connectivity index is 2.06. The van der Waals surface area contributed by atoms with Gasteiger partial charge < -0.3 is 15.2 Å². The number of halogens is 3. The zero-order valence-corrected chi connectivity index (χ0v) is 12.0. The average Bonchev–Trinajstić information content (AvgIpc) is 2.48. The number of benzene rings is 2. The van der Waals surface area contributed by atoms with Crippen LogP contribution in [0.25, 0.3) is 0 Å². The van der Waals surface area contributed by atoms with Gasteiger partial charge in [0.25, 0.3) is 0 Å². The Morgan fingerprint density at radius 3 is 2.64 bits per heavy atom. The highest BCUT2D eigenvalue weighted by molar-refractivity contribution is 6.33. The molecule has 116 valence electrons. The summed E-state index contributed by atoms with van der Waals surface area (Å²) in [5.74, 6) is -0.684. The normalized spacial score (nSPS) is 10.5. The van der Waals surface area contributed by atoms with Crippen molar-refractivity contribution in [3.63, 3.8) is 0 Å². The molecule has 4 nitrogen and oxygen atoms in total. The molecule has 2 aromatic rings. The maximum Gasteiger partial charge on any atom is 0.387 e. The van der Waals surface area contributed by atoms with Crippen LogP contribution in [0.3, 0.4) is 0 Å². The largest absolute Gasteiger partial charge is 0.457 e. The van der Waals surface area contributed by atoms with Crippen molar-refractivity contribution in [2.45, 2.75) is 13.2 Å². The van der Waals surface area contributed by atoms with E-state index in [-0.39, 0.29) is 23.6 Å². The first-order chi connectivity index (χ1) is 10.5. The minimum Gasteiger partial charge on any atom is -0.457 e. The van der Waals surface area contributed by atoms with E-state index in [1.807, 2.05) is 0 Å². The van der Waals surface area contributed by atoms with E-state index in [1.54, 1.807) is 12.1 Å². The van der Waals surface area contributed by atoms with Crippen LogP contribution in [-0.2, 0) is 11.3 Å². The van der Waals surface area contributed by atoms with E-state index >= 15 is 0 Å². The summed E-state index contributed by atoms with van der Waals surface area (Å²) < 4.78 is 34.0. The third kappa shape index (κ3) is 4.08. The molecule has 0 heterocycles. The fourth-order valence-corrected chi connectivity index (χ4v) is 1.85. The van der Waals surface area contributed by atoms with Gasteiger partial charge in [-0.15, -0.1) is 0 Å². The first-order valence-electron chi connectivity index (χ1n) is 6.22. The van der Waals surface area contributed by atoms with E-state index in [1.165, 1.54) is 30.3 Å². The van der Waals surface area contributed by atoms with E-state index in [0.717, 1.165) is 0 Å². The summed E-state index contributed by atoms with van der Waals surface area (Å²) in [6.45, 7) is -3.16. The predicted molar refractivity (Wildman–Crippen MR) is 78.1 cm³/mol. The lowest BCUT2D eigenvalue weighted by Crippen LogP contribution is -2.08. The van der Waals surface area contributed by atoms with Crippen LogP contribution in [0.15, 0.2) is 42.5 Å². The third-order valence-corrected chi connectivity index (χ3v) is 3.12. The zero-order chi connectivity index (χ0) is 16.1. The van der Waals surface area contributed by atoms with Gasteiger partial charge in [-0.1, -0.05) is 29.8 Å². The van der Waals surface area contributed by atoms with Gasteiger partial charge in [0.1, 0.15) is 12.4 Å². The molecule has 2 aromatic carbocycles. The summed E-state index contributed by atoms with van der Waals surface area (Å²) in [5.41, 5.74) is 6.40. The Hall–Kier alpha value is -2.34. The van der Waals surface area contributed by atoms with Crippen LogP contribution in [0.2, 0.25) is 5.02 Å². The molecule has 0 unspecified atom stereocenters. The van der Waals surface area contributed by atoms with Crippen molar-refractivity contribution in [1.82, 2.24) is 0 Å². The van der Waals surface area contributed by atoms with E-state index < -0.39 is 12.6 Å². The number of esters is 1. The van der Waals surface area contributed by atoms with E-state index in [0.29, 0.717) is 10.6 Å². The first kappa shape index (κ1) is 16.0. The Morgan fingerprint density at radius 1 is 1.23 bits per heavy atom. The van der Waals surface area contributed by atoms with Crippen molar-refractivity contribution in [3.8, 4) is 5.75 Å². The number of rotatable bonds is 5. The van der Waals surface area contributed by atoms with Crippen molar-refractivity contribution >= 4 is 23.3 Å². The fourth-order valence-electron chi connectivity index (χ4n) is 1.73. The molecular weight excluding hydrogens is 316 g/mol. The molecule has 0 spiro atoms. The first-order valence-corrected chi connectivity index (χ1v) is 6.60. The highest BCUT2D eigenvalue weighted by atomic mass is 35.5. The Kier molecular flexibility index (Phi) is 5.16. The highest BCUT2D eigenvalue weighted by Crippen LogP contribution is 2.23. The number of hydrogen-bond acceptors (Lipinski definition) is 4. The van der Waals surface area contributed by atoms with Crippen LogP contribution in [0.5, 0.6) is 5.75 Å². The van der Waals surface area contributed by atoms with Gasteiger partial charge in [-0.2, -0.15) is 8.78 Å². The van der Waals surface area contributed by atoms with E-state index in [4.69, 9.17) is 22.1 Å². The smallest absolute Gasteiger partial charge is 0.387 e. The maximum atomic E-state index is 12.3. The summed E-state index contributed by atoms with van der Waals surface area (Å²) in [6, 6.07) is 10.4. The van der Waals surface area contributed by atoms with Gasteiger partial charge in [-0.05, 0) is 24.3 Å². The van der Waals surface area contributed by atoms with Crippen molar-refractivity contribution in [2.75, 3.05) is 5.73 Å². The van der Waals surface area contributed by atoms with Gasteiger partial charge in [0.15, 0.2) is 0 Å². The minimum atomic E-state index is -2.95. The quantitative estimate of drug-likeness (QED) is 0.668. The standard InChI is InChI=1S/C15H12ClF2NO3/c16-11-6-5-9(7-12(11)19)14(20)21-8-10-3-1-2-4-13(10)22-15(17)18/h1-7,15H,8,19H2. The maximum absolute atomic E-state index is 12.3. The molecule has 22 heavy (non-hydrogen) atoms. The van der Waals surface area contributed by atoms with Crippen LogP contribution < -0.4 is 10.5 Å². The van der Waals surface area contributed by atoms with Gasteiger partial charge in [0, 0.05) is 5.56 Å². The molecule has 0 fully saturated rings. The van der Waals surface area contributed by atoms with Gasteiger partial charge >= 0.3 is 12.6 Å². The van der Waals surface area contributed by atoms with Crippen LogP contribution in [0.4, 0.5) is 14.5 Å². The summed E-state index contributed by atoms with van der Waals surface area (Å²) in [7, 11) is 0. The summed E-state index contributed by atoms with van der Waals surface area (Å²) in [6.07, 6.45) is 0. The number of para-hydroxylation sites is 1. The molecule has 0 saturated carbocycles. The fraction of sp³-hybridized carbons (Fsp3) is 0.133. The number of carbonyl (C=O) groups is 1. The molecule has 0 saturated heterocycles. The number of carbonyl (C=O) groups excluding carboxylic acids is 1. The Morgan fingerprint density at radius 2 is 1.95 bits per heavy atom. The lowest BCUT2D eigenvalue weighted by molar-refractivity contribution is -0.0510. The molecule has 0 radical (unpaired) electrons. The zero-order valence-electron chi connectivity index (χ0n) is 11.3. The van der Waals surface area contributed by atoms with Crippen LogP contribution >= 0.6 is 11.6 Å². The van der Waals surface area contributed by atoms with Crippen LogP contribution in [0.1, 0.15) is 15.9 Å². The molecule has 0 amide bonds.